The number of hydrogen-bond donors (Lipinski definition) is 4. The van der Waals surface area contributed by atoms with Gasteiger partial charge in [-0.15, -0.1) is 0 Å². The first kappa shape index (κ1) is 39.2. The summed E-state index contributed by atoms with van der Waals surface area (Å²) in [6.07, 6.45) is 0.750. The number of Topliss-reactive ketones (excluding diaryl/α,β-unsaturated/α-hetero) is 1. The third kappa shape index (κ3) is 7.47. The van der Waals surface area contributed by atoms with Crippen molar-refractivity contribution < 1.29 is 43.3 Å². The number of aliphatic hydroxyl groups is 1. The Kier molecular flexibility index (Phi) is 10.7. The molecule has 0 aliphatic heterocycles. The van der Waals surface area contributed by atoms with Crippen molar-refractivity contribution in [2.45, 2.75) is 51.2 Å². The summed E-state index contributed by atoms with van der Waals surface area (Å²) < 4.78 is 11.4. The molecule has 1 fully saturated rings. The van der Waals surface area contributed by atoms with E-state index in [0.717, 1.165) is 27.8 Å². The van der Waals surface area contributed by atoms with Crippen molar-refractivity contribution in [2.24, 2.45) is 10.8 Å². The van der Waals surface area contributed by atoms with Gasteiger partial charge in [-0.1, -0.05) is 67.1 Å². The molecule has 4 aliphatic rings. The van der Waals surface area contributed by atoms with E-state index >= 15 is 0 Å². The molecule has 4 N–H and O–H groups in total. The number of nitrogens with zero attached hydrogens (tertiary/aromatic N) is 2. The molecule has 1 saturated carbocycles. The molecule has 0 aromatic heterocycles. The van der Waals surface area contributed by atoms with Crippen LogP contribution in [-0.2, 0) is 28.7 Å². The second kappa shape index (κ2) is 15.0. The zero-order valence-electron chi connectivity index (χ0n) is 31.8. The summed E-state index contributed by atoms with van der Waals surface area (Å²) >= 11 is 0. The molecule has 55 heavy (non-hydrogen) atoms. The van der Waals surface area contributed by atoms with Crippen LogP contribution in [0.4, 0.5) is 9.59 Å². The zero-order valence-corrected chi connectivity index (χ0v) is 31.8. The Hall–Kier alpha value is -5.50. The summed E-state index contributed by atoms with van der Waals surface area (Å²) in [6, 6.07) is 15.9. The van der Waals surface area contributed by atoms with Gasteiger partial charge in [-0.2, -0.15) is 0 Å². The molecule has 14 heteroatoms. The number of likely N-dealkylation sites (N-methyl/N-ethyl adjacent to an activating group) is 2. The van der Waals surface area contributed by atoms with Crippen molar-refractivity contribution >= 4 is 35.7 Å². The van der Waals surface area contributed by atoms with Crippen LogP contribution >= 0.6 is 0 Å². The smallest absolute Gasteiger partial charge is 0.410 e. The van der Waals surface area contributed by atoms with Gasteiger partial charge >= 0.3 is 12.2 Å². The van der Waals surface area contributed by atoms with Crippen molar-refractivity contribution in [3.63, 3.8) is 0 Å². The molecule has 4 aliphatic carbocycles. The lowest BCUT2D eigenvalue weighted by Gasteiger charge is -2.40. The van der Waals surface area contributed by atoms with E-state index in [4.69, 9.17) is 9.47 Å². The van der Waals surface area contributed by atoms with Crippen LogP contribution in [0.25, 0.3) is 11.1 Å². The van der Waals surface area contributed by atoms with Gasteiger partial charge in [-0.3, -0.25) is 19.2 Å². The van der Waals surface area contributed by atoms with Gasteiger partial charge in [0.15, 0.2) is 5.78 Å². The fourth-order valence-corrected chi connectivity index (χ4v) is 7.95. The van der Waals surface area contributed by atoms with Gasteiger partial charge in [0, 0.05) is 55.1 Å². The molecular formula is C41H48N5O9. The molecule has 0 heterocycles. The molecule has 2 aromatic carbocycles. The van der Waals surface area contributed by atoms with Crippen LogP contribution in [0.2, 0.25) is 0 Å². The van der Waals surface area contributed by atoms with Crippen molar-refractivity contribution in [2.75, 3.05) is 53.4 Å². The second-order valence-electron chi connectivity index (χ2n) is 15.3. The van der Waals surface area contributed by atoms with Gasteiger partial charge in [0.05, 0.1) is 13.1 Å². The molecule has 2 aromatic rings. The highest BCUT2D eigenvalue weighted by atomic mass is 16.6. The molecule has 3 atom stereocenters. The number of hydrogen-bond acceptors (Lipinski definition) is 9. The van der Waals surface area contributed by atoms with Crippen molar-refractivity contribution in [3.05, 3.63) is 89.4 Å². The molecule has 0 unspecified atom stereocenters. The maximum absolute atomic E-state index is 13.3. The van der Waals surface area contributed by atoms with Crippen molar-refractivity contribution in [1.82, 2.24) is 25.8 Å². The minimum Gasteiger partial charge on any atom is -0.449 e. The number of fused-ring (bicyclic) bond motifs is 4. The van der Waals surface area contributed by atoms with Crippen LogP contribution in [0.1, 0.15) is 50.7 Å². The SMILES string of the molecule is [CH2][C@]1(C)C=C2C(=O)[C@](C)(O)C3(CC3)C(C)=C2[C@H]1OC(=O)N(C)CCN(C)C(=O)CNC(=O)CNC(=O)CNC(=O)OCC1c2ccccc2-c2ccccc21. The standard InChI is InChI=1S/C41H48N5O9/c1-24-34-29(35(50)40(4,53)41(24)15-16-41)19-39(2,3)36(34)55-38(52)46(6)18-17-45(5)33(49)22-43-31(47)20-42-32(48)21-44-37(51)54-23-30-27-13-9-7-11-25(27)26-12-8-10-14-28(26)30/h7-14,19,30,36,53H,2,15-18,20-23H2,1,3-6H3,(H,42,48)(H,43,47)(H,44,51)/t36-,39+,40+/m1/s1. The van der Waals surface area contributed by atoms with Gasteiger partial charge < -0.3 is 40.3 Å². The van der Waals surface area contributed by atoms with E-state index in [1.165, 1.54) is 23.9 Å². The van der Waals surface area contributed by atoms with E-state index in [-0.39, 0.29) is 37.9 Å². The molecular weight excluding hydrogens is 706 g/mol. The third-order valence-corrected chi connectivity index (χ3v) is 11.5. The van der Waals surface area contributed by atoms with Crippen molar-refractivity contribution in [1.29, 1.82) is 0 Å². The van der Waals surface area contributed by atoms with Crippen LogP contribution in [0.5, 0.6) is 0 Å². The molecule has 1 radical (unpaired) electrons. The first-order valence-electron chi connectivity index (χ1n) is 18.3. The van der Waals surface area contributed by atoms with Gasteiger partial charge in [0.1, 0.15) is 24.9 Å². The van der Waals surface area contributed by atoms with E-state index in [2.05, 4.69) is 22.9 Å². The summed E-state index contributed by atoms with van der Waals surface area (Å²) in [5, 5.41) is 18.4. The predicted octanol–water partition coefficient (Wildman–Crippen LogP) is 2.86. The highest BCUT2D eigenvalue weighted by Crippen LogP contribution is 2.65. The first-order chi connectivity index (χ1) is 26.0. The Labute approximate surface area is 320 Å². The number of carbonyl (C=O) groups is 6. The number of alkyl carbamates (subject to hydrolysis) is 1. The Morgan fingerprint density at radius 3 is 2.00 bits per heavy atom. The lowest BCUT2D eigenvalue weighted by atomic mass is 9.67. The molecule has 5 amide bonds. The minimum atomic E-state index is -1.53. The lowest BCUT2D eigenvalue weighted by molar-refractivity contribution is -0.138. The fraction of sp³-hybridized carbons (Fsp3) is 0.439. The van der Waals surface area contributed by atoms with Gasteiger partial charge in [0.25, 0.3) is 0 Å². The summed E-state index contributed by atoms with van der Waals surface area (Å²) in [7, 11) is 3.05. The average Bonchev–Trinajstić information content (AvgIpc) is 3.87. The number of carbonyl (C=O) groups excluding carboxylic acids is 6. The monoisotopic (exact) mass is 754 g/mol. The summed E-state index contributed by atoms with van der Waals surface area (Å²) in [4.78, 5) is 78.8. The maximum atomic E-state index is 13.3. The van der Waals surface area contributed by atoms with Crippen LogP contribution in [0, 0.1) is 17.8 Å². The Morgan fingerprint density at radius 2 is 1.40 bits per heavy atom. The second-order valence-corrected chi connectivity index (χ2v) is 15.3. The van der Waals surface area contributed by atoms with E-state index in [0.29, 0.717) is 24.0 Å². The molecule has 14 nitrogen and oxygen atoms in total. The third-order valence-electron chi connectivity index (χ3n) is 11.5. The fourth-order valence-electron chi connectivity index (χ4n) is 7.95. The van der Waals surface area contributed by atoms with E-state index in [1.54, 1.807) is 19.9 Å². The lowest BCUT2D eigenvalue weighted by Crippen LogP contribution is -2.50. The number of benzene rings is 2. The molecule has 0 saturated heterocycles. The summed E-state index contributed by atoms with van der Waals surface area (Å²) in [6.45, 7) is 8.56. The molecule has 291 valence electrons. The molecule has 6 rings (SSSR count). The highest BCUT2D eigenvalue weighted by Gasteiger charge is 2.66. The summed E-state index contributed by atoms with van der Waals surface area (Å²) in [5.41, 5.74) is 2.98. The molecule has 0 bridgehead atoms. The number of rotatable bonds is 12. The maximum Gasteiger partial charge on any atom is 0.410 e. The van der Waals surface area contributed by atoms with Crippen LogP contribution < -0.4 is 16.0 Å². The van der Waals surface area contributed by atoms with Crippen LogP contribution in [0.3, 0.4) is 0 Å². The predicted molar refractivity (Wildman–Crippen MR) is 201 cm³/mol. The van der Waals surface area contributed by atoms with Gasteiger partial charge in [-0.05, 0) is 55.9 Å². The number of ether oxygens (including phenoxy) is 2. The van der Waals surface area contributed by atoms with E-state index in [1.807, 2.05) is 55.5 Å². The first-order valence-corrected chi connectivity index (χ1v) is 18.3. The highest BCUT2D eigenvalue weighted by molar-refractivity contribution is 6.09. The number of ketones is 1. The van der Waals surface area contributed by atoms with E-state index in [9.17, 15) is 33.9 Å². The summed E-state index contributed by atoms with van der Waals surface area (Å²) in [5.74, 6) is -2.18. The Morgan fingerprint density at radius 1 is 0.855 bits per heavy atom. The van der Waals surface area contributed by atoms with Gasteiger partial charge in [0.2, 0.25) is 17.7 Å². The topological polar surface area (TPSA) is 184 Å². The van der Waals surface area contributed by atoms with Gasteiger partial charge in [-0.25, -0.2) is 9.59 Å². The van der Waals surface area contributed by atoms with Crippen LogP contribution in [-0.4, -0.2) is 116 Å². The van der Waals surface area contributed by atoms with Crippen molar-refractivity contribution in [3.8, 4) is 11.1 Å². The molecule has 1 spiro atoms. The van der Waals surface area contributed by atoms with E-state index < -0.39 is 65.5 Å². The zero-order chi connectivity index (χ0) is 39.9. The normalized spacial score (nSPS) is 21.1. The minimum absolute atomic E-state index is 0.0926. The average molecular weight is 755 g/mol. The Bertz CT molecular complexity index is 1950. The Balaban J connectivity index is 0.879. The quantitative estimate of drug-likeness (QED) is 0.253. The largest absolute Gasteiger partial charge is 0.449 e. The van der Waals surface area contributed by atoms with Crippen LogP contribution in [0.15, 0.2) is 71.3 Å². The number of nitrogens with one attached hydrogen (secondary N) is 3. The number of amides is 5.